The molecule has 2 amide bonds. The lowest BCUT2D eigenvalue weighted by atomic mass is 9.86. The Morgan fingerprint density at radius 1 is 1.65 bits per heavy atom. The number of aliphatic hydroxyl groups is 1. The second-order valence-corrected chi connectivity index (χ2v) is 6.05. The third-order valence-corrected chi connectivity index (χ3v) is 4.42. The molecule has 1 heterocycles. The van der Waals surface area contributed by atoms with Crippen LogP contribution in [0.25, 0.3) is 0 Å². The number of hydrogen-bond donors (Lipinski definition) is 3. The number of aryl methyl sites for hydroxylation is 1. The van der Waals surface area contributed by atoms with Crippen LogP contribution in [0.4, 0.5) is 10.5 Å². The van der Waals surface area contributed by atoms with Crippen molar-refractivity contribution in [2.24, 2.45) is 5.41 Å². The quantitative estimate of drug-likeness (QED) is 0.751. The molecule has 0 saturated heterocycles. The van der Waals surface area contributed by atoms with Crippen LogP contribution in [-0.2, 0) is 0 Å². The largest absolute Gasteiger partial charge is 0.396 e. The normalized spacial score (nSPS) is 25.5. The number of aliphatic hydroxyl groups excluding tert-OH is 1. The second-order valence-electron chi connectivity index (χ2n) is 5.69. The highest BCUT2D eigenvalue weighted by Crippen LogP contribution is 2.37. The monoisotopic (exact) mass is 297 g/mol. The molecule has 0 radical (unpaired) electrons. The van der Waals surface area contributed by atoms with Crippen LogP contribution in [0.2, 0.25) is 5.15 Å². The molecular weight excluding hydrogens is 278 g/mol. The first-order valence-electron chi connectivity index (χ1n) is 6.75. The van der Waals surface area contributed by atoms with Crippen molar-refractivity contribution in [3.63, 3.8) is 0 Å². The van der Waals surface area contributed by atoms with Crippen molar-refractivity contribution in [2.45, 2.75) is 39.2 Å². The van der Waals surface area contributed by atoms with E-state index in [1.807, 2.05) is 13.8 Å². The van der Waals surface area contributed by atoms with Crippen molar-refractivity contribution in [3.8, 4) is 0 Å². The molecule has 1 fully saturated rings. The van der Waals surface area contributed by atoms with Crippen molar-refractivity contribution >= 4 is 23.3 Å². The molecule has 110 valence electrons. The maximum absolute atomic E-state index is 12.0. The Kier molecular flexibility index (Phi) is 4.50. The van der Waals surface area contributed by atoms with Gasteiger partial charge >= 0.3 is 6.03 Å². The Morgan fingerprint density at radius 3 is 3.05 bits per heavy atom. The number of rotatable bonds is 3. The SMILES string of the molecule is Cc1cc(NC(=O)NC2CCCC2(C)CO)cnc1Cl. The molecule has 2 unspecified atom stereocenters. The van der Waals surface area contributed by atoms with E-state index in [-0.39, 0.29) is 24.1 Å². The van der Waals surface area contributed by atoms with Gasteiger partial charge in [-0.15, -0.1) is 0 Å². The van der Waals surface area contributed by atoms with Gasteiger partial charge in [0.15, 0.2) is 0 Å². The highest BCUT2D eigenvalue weighted by atomic mass is 35.5. The summed E-state index contributed by atoms with van der Waals surface area (Å²) in [5.41, 5.74) is 1.18. The van der Waals surface area contributed by atoms with Gasteiger partial charge in [0.1, 0.15) is 5.15 Å². The van der Waals surface area contributed by atoms with Gasteiger partial charge in [-0.05, 0) is 31.4 Å². The molecule has 1 aromatic heterocycles. The van der Waals surface area contributed by atoms with Gasteiger partial charge in [0, 0.05) is 11.5 Å². The molecule has 5 nitrogen and oxygen atoms in total. The van der Waals surface area contributed by atoms with E-state index in [4.69, 9.17) is 11.6 Å². The van der Waals surface area contributed by atoms with Crippen LogP contribution < -0.4 is 10.6 Å². The molecule has 1 aromatic rings. The molecule has 0 aliphatic heterocycles. The molecule has 0 bridgehead atoms. The smallest absolute Gasteiger partial charge is 0.319 e. The van der Waals surface area contributed by atoms with E-state index < -0.39 is 0 Å². The summed E-state index contributed by atoms with van der Waals surface area (Å²) in [6, 6.07) is 1.49. The van der Waals surface area contributed by atoms with E-state index in [0.29, 0.717) is 10.8 Å². The fourth-order valence-electron chi connectivity index (χ4n) is 2.62. The summed E-state index contributed by atoms with van der Waals surface area (Å²) in [5.74, 6) is 0. The summed E-state index contributed by atoms with van der Waals surface area (Å²) < 4.78 is 0. The minimum atomic E-state index is -0.278. The Labute approximate surface area is 123 Å². The molecule has 1 aliphatic rings. The molecule has 6 heteroatoms. The van der Waals surface area contributed by atoms with E-state index in [9.17, 15) is 9.90 Å². The number of carbonyl (C=O) groups excluding carboxylic acids is 1. The van der Waals surface area contributed by atoms with Crippen LogP contribution in [0, 0.1) is 12.3 Å². The number of halogens is 1. The van der Waals surface area contributed by atoms with E-state index in [1.54, 1.807) is 6.07 Å². The number of urea groups is 1. The standard InChI is InChI=1S/C14H20ClN3O2/c1-9-6-10(7-16-12(9)15)17-13(20)18-11-4-3-5-14(11,2)8-19/h6-7,11,19H,3-5,8H2,1-2H3,(H2,17,18,20). The lowest BCUT2D eigenvalue weighted by Crippen LogP contribution is -2.46. The maximum Gasteiger partial charge on any atom is 0.319 e. The Morgan fingerprint density at radius 2 is 2.40 bits per heavy atom. The summed E-state index contributed by atoms with van der Waals surface area (Å²) in [6.45, 7) is 3.91. The number of hydrogen-bond acceptors (Lipinski definition) is 3. The molecule has 2 atom stereocenters. The summed E-state index contributed by atoms with van der Waals surface area (Å²) in [7, 11) is 0. The van der Waals surface area contributed by atoms with E-state index in [2.05, 4.69) is 15.6 Å². The highest BCUT2D eigenvalue weighted by molar-refractivity contribution is 6.30. The van der Waals surface area contributed by atoms with E-state index in [0.717, 1.165) is 24.8 Å². The number of nitrogens with zero attached hydrogens (tertiary/aromatic N) is 1. The van der Waals surface area contributed by atoms with Gasteiger partial charge in [-0.25, -0.2) is 9.78 Å². The first kappa shape index (κ1) is 15.1. The molecule has 0 spiro atoms. The van der Waals surface area contributed by atoms with Gasteiger partial charge in [0.25, 0.3) is 0 Å². The van der Waals surface area contributed by atoms with Crippen molar-refractivity contribution in [2.75, 3.05) is 11.9 Å². The lowest BCUT2D eigenvalue weighted by molar-refractivity contribution is 0.122. The number of carbonyl (C=O) groups is 1. The second kappa shape index (κ2) is 5.97. The first-order valence-corrected chi connectivity index (χ1v) is 7.13. The molecule has 3 N–H and O–H groups in total. The van der Waals surface area contributed by atoms with Crippen molar-refractivity contribution < 1.29 is 9.90 Å². The van der Waals surface area contributed by atoms with Gasteiger partial charge in [0.05, 0.1) is 18.5 Å². The predicted molar refractivity (Wildman–Crippen MR) is 79.0 cm³/mol. The minimum Gasteiger partial charge on any atom is -0.396 e. The van der Waals surface area contributed by atoms with E-state index >= 15 is 0 Å². The molecule has 2 rings (SSSR count). The number of amides is 2. The van der Waals surface area contributed by atoms with E-state index in [1.165, 1.54) is 6.20 Å². The molecule has 20 heavy (non-hydrogen) atoms. The van der Waals surface area contributed by atoms with Crippen LogP contribution in [0.3, 0.4) is 0 Å². The molecule has 1 aliphatic carbocycles. The molecule has 1 saturated carbocycles. The minimum absolute atomic E-state index is 0.00569. The van der Waals surface area contributed by atoms with Crippen LogP contribution in [-0.4, -0.2) is 28.8 Å². The van der Waals surface area contributed by atoms with Gasteiger partial charge in [-0.2, -0.15) is 0 Å². The molecular formula is C14H20ClN3O2. The van der Waals surface area contributed by atoms with Crippen molar-refractivity contribution in [3.05, 3.63) is 23.0 Å². The highest BCUT2D eigenvalue weighted by Gasteiger charge is 2.39. The summed E-state index contributed by atoms with van der Waals surface area (Å²) in [6.07, 6.45) is 4.36. The zero-order valence-electron chi connectivity index (χ0n) is 11.7. The summed E-state index contributed by atoms with van der Waals surface area (Å²) in [4.78, 5) is 16.0. The Balaban J connectivity index is 1.97. The average Bonchev–Trinajstić information content (AvgIpc) is 2.76. The predicted octanol–water partition coefficient (Wildman–Crippen LogP) is 2.72. The summed E-state index contributed by atoms with van der Waals surface area (Å²) >= 11 is 5.84. The number of nitrogens with one attached hydrogen (secondary N) is 2. The number of aromatic nitrogens is 1. The van der Waals surface area contributed by atoms with Crippen LogP contribution in [0.5, 0.6) is 0 Å². The van der Waals surface area contributed by atoms with Gasteiger partial charge in [-0.1, -0.05) is 24.9 Å². The first-order chi connectivity index (χ1) is 9.44. The zero-order chi connectivity index (χ0) is 14.8. The van der Waals surface area contributed by atoms with Crippen molar-refractivity contribution in [1.82, 2.24) is 10.3 Å². The topological polar surface area (TPSA) is 74.2 Å². The van der Waals surface area contributed by atoms with Gasteiger partial charge < -0.3 is 15.7 Å². The van der Waals surface area contributed by atoms with Crippen LogP contribution in [0.1, 0.15) is 31.7 Å². The number of pyridine rings is 1. The average molecular weight is 298 g/mol. The fraction of sp³-hybridized carbons (Fsp3) is 0.571. The van der Waals surface area contributed by atoms with Crippen LogP contribution in [0.15, 0.2) is 12.3 Å². The van der Waals surface area contributed by atoms with Gasteiger partial charge in [-0.3, -0.25) is 0 Å². The number of anilines is 1. The Bertz CT molecular complexity index is 509. The van der Waals surface area contributed by atoms with Gasteiger partial charge in [0.2, 0.25) is 0 Å². The Hall–Kier alpha value is -1.33. The lowest BCUT2D eigenvalue weighted by Gasteiger charge is -2.30. The van der Waals surface area contributed by atoms with Crippen molar-refractivity contribution in [1.29, 1.82) is 0 Å². The maximum atomic E-state index is 12.0. The van der Waals surface area contributed by atoms with Crippen LogP contribution >= 0.6 is 11.6 Å². The summed E-state index contributed by atoms with van der Waals surface area (Å²) in [5, 5.41) is 15.6. The fourth-order valence-corrected chi connectivity index (χ4v) is 2.72. The third-order valence-electron chi connectivity index (χ3n) is 4.02. The third kappa shape index (κ3) is 3.22. The molecule has 0 aromatic carbocycles. The zero-order valence-corrected chi connectivity index (χ0v) is 12.5.